The van der Waals surface area contributed by atoms with E-state index in [2.05, 4.69) is 21.2 Å². The Morgan fingerprint density at radius 2 is 2.33 bits per heavy atom. The molecule has 80 valence electrons. The van der Waals surface area contributed by atoms with Gasteiger partial charge < -0.3 is 10.4 Å². The van der Waals surface area contributed by atoms with E-state index >= 15 is 0 Å². The van der Waals surface area contributed by atoms with Crippen molar-refractivity contribution in [3.8, 4) is 0 Å². The fourth-order valence-electron chi connectivity index (χ4n) is 1.89. The van der Waals surface area contributed by atoms with Gasteiger partial charge in [-0.05, 0) is 46.0 Å². The predicted molar refractivity (Wildman–Crippen MR) is 62.3 cm³/mol. The van der Waals surface area contributed by atoms with Gasteiger partial charge in [-0.3, -0.25) is 4.79 Å². The molecule has 1 aliphatic heterocycles. The van der Waals surface area contributed by atoms with Crippen LogP contribution in [0.25, 0.3) is 0 Å². The molecular formula is C11H12BrNO2. The van der Waals surface area contributed by atoms with Gasteiger partial charge in [-0.25, -0.2) is 0 Å². The van der Waals surface area contributed by atoms with Crippen molar-refractivity contribution >= 4 is 27.6 Å². The molecule has 1 aromatic carbocycles. The van der Waals surface area contributed by atoms with Crippen molar-refractivity contribution in [1.82, 2.24) is 0 Å². The monoisotopic (exact) mass is 269 g/mol. The number of aliphatic carboxylic acids is 1. The van der Waals surface area contributed by atoms with Crippen LogP contribution in [0.3, 0.4) is 0 Å². The molecule has 0 unspecified atom stereocenters. The van der Waals surface area contributed by atoms with E-state index in [1.807, 2.05) is 12.1 Å². The van der Waals surface area contributed by atoms with E-state index in [4.69, 9.17) is 5.11 Å². The maximum absolute atomic E-state index is 10.6. The summed E-state index contributed by atoms with van der Waals surface area (Å²) in [6.45, 7) is 0.990. The molecule has 0 saturated heterocycles. The second-order valence-electron chi connectivity index (χ2n) is 3.71. The smallest absolute Gasteiger partial charge is 0.307 e. The molecular weight excluding hydrogens is 258 g/mol. The highest BCUT2D eigenvalue weighted by Gasteiger charge is 2.13. The molecule has 3 nitrogen and oxygen atoms in total. The number of rotatable bonds is 2. The maximum Gasteiger partial charge on any atom is 0.307 e. The minimum atomic E-state index is -0.786. The number of aryl methyl sites for hydroxylation is 1. The first-order valence-electron chi connectivity index (χ1n) is 4.94. The Bertz CT molecular complexity index is 404. The zero-order chi connectivity index (χ0) is 10.8. The molecule has 0 saturated carbocycles. The van der Waals surface area contributed by atoms with Crippen molar-refractivity contribution < 1.29 is 9.90 Å². The normalized spacial score (nSPS) is 14.2. The Labute approximate surface area is 96.6 Å². The largest absolute Gasteiger partial charge is 0.481 e. The standard InChI is InChI=1S/C11H12BrNO2/c12-9-5-7(6-10(14)15)4-8-2-1-3-13-11(8)9/h4-5,13H,1-3,6H2,(H,14,15). The molecule has 2 N–H and O–H groups in total. The molecule has 4 heteroatoms. The van der Waals surface area contributed by atoms with Crippen molar-refractivity contribution in [1.29, 1.82) is 0 Å². The molecule has 0 aliphatic carbocycles. The summed E-state index contributed by atoms with van der Waals surface area (Å²) >= 11 is 3.47. The average molecular weight is 270 g/mol. The molecule has 0 fully saturated rings. The number of nitrogens with one attached hydrogen (secondary N) is 1. The quantitative estimate of drug-likeness (QED) is 0.867. The Kier molecular flexibility index (Phi) is 2.95. The fraction of sp³-hybridized carbons (Fsp3) is 0.364. The molecule has 0 radical (unpaired) electrons. The molecule has 0 amide bonds. The zero-order valence-corrected chi connectivity index (χ0v) is 9.80. The van der Waals surface area contributed by atoms with Crippen LogP contribution in [0, 0.1) is 0 Å². The molecule has 1 aromatic rings. The van der Waals surface area contributed by atoms with Crippen LogP contribution in [0.1, 0.15) is 17.5 Å². The minimum absolute atomic E-state index is 0.0892. The second-order valence-corrected chi connectivity index (χ2v) is 4.57. The van der Waals surface area contributed by atoms with E-state index < -0.39 is 5.97 Å². The van der Waals surface area contributed by atoms with Crippen molar-refractivity contribution in [3.05, 3.63) is 27.7 Å². The topological polar surface area (TPSA) is 49.3 Å². The minimum Gasteiger partial charge on any atom is -0.481 e. The average Bonchev–Trinajstić information content (AvgIpc) is 2.16. The van der Waals surface area contributed by atoms with Gasteiger partial charge in [0.2, 0.25) is 0 Å². The first kappa shape index (κ1) is 10.5. The van der Waals surface area contributed by atoms with Crippen molar-refractivity contribution in [2.24, 2.45) is 0 Å². The molecule has 0 spiro atoms. The highest BCUT2D eigenvalue weighted by molar-refractivity contribution is 9.10. The van der Waals surface area contributed by atoms with Crippen LogP contribution < -0.4 is 5.32 Å². The lowest BCUT2D eigenvalue weighted by atomic mass is 9.99. The molecule has 0 atom stereocenters. The van der Waals surface area contributed by atoms with Crippen LogP contribution >= 0.6 is 15.9 Å². The van der Waals surface area contributed by atoms with Gasteiger partial charge in [0.1, 0.15) is 0 Å². The van der Waals surface area contributed by atoms with E-state index in [0.717, 1.165) is 35.1 Å². The number of hydrogen-bond donors (Lipinski definition) is 2. The molecule has 0 bridgehead atoms. The summed E-state index contributed by atoms with van der Waals surface area (Å²) in [5.74, 6) is -0.786. The zero-order valence-electron chi connectivity index (χ0n) is 8.22. The summed E-state index contributed by atoms with van der Waals surface area (Å²) in [4.78, 5) is 10.6. The van der Waals surface area contributed by atoms with Crippen LogP contribution in [0.15, 0.2) is 16.6 Å². The SMILES string of the molecule is O=C(O)Cc1cc(Br)c2c(c1)CCCN2. The molecule has 2 rings (SSSR count). The summed E-state index contributed by atoms with van der Waals surface area (Å²) in [6, 6.07) is 3.87. The first-order chi connectivity index (χ1) is 7.16. The van der Waals surface area contributed by atoms with Crippen LogP contribution in [0.2, 0.25) is 0 Å². The van der Waals surface area contributed by atoms with Crippen LogP contribution in [0.5, 0.6) is 0 Å². The van der Waals surface area contributed by atoms with Crippen molar-refractivity contribution in [2.75, 3.05) is 11.9 Å². The summed E-state index contributed by atoms with van der Waals surface area (Å²) < 4.78 is 0.968. The third-order valence-electron chi connectivity index (χ3n) is 2.51. The highest BCUT2D eigenvalue weighted by Crippen LogP contribution is 2.31. The lowest BCUT2D eigenvalue weighted by molar-refractivity contribution is -0.136. The number of anilines is 1. The van der Waals surface area contributed by atoms with Gasteiger partial charge in [-0.2, -0.15) is 0 Å². The van der Waals surface area contributed by atoms with Gasteiger partial charge in [-0.15, -0.1) is 0 Å². The van der Waals surface area contributed by atoms with E-state index in [0.29, 0.717) is 0 Å². The van der Waals surface area contributed by atoms with E-state index in [-0.39, 0.29) is 6.42 Å². The number of benzene rings is 1. The van der Waals surface area contributed by atoms with E-state index in [1.165, 1.54) is 5.56 Å². The van der Waals surface area contributed by atoms with Gasteiger partial charge in [0.15, 0.2) is 0 Å². The van der Waals surface area contributed by atoms with Gasteiger partial charge in [0.25, 0.3) is 0 Å². The number of fused-ring (bicyclic) bond motifs is 1. The lowest BCUT2D eigenvalue weighted by Gasteiger charge is -2.20. The Morgan fingerprint density at radius 1 is 1.53 bits per heavy atom. The number of halogens is 1. The third-order valence-corrected chi connectivity index (χ3v) is 3.14. The van der Waals surface area contributed by atoms with Crippen molar-refractivity contribution in [3.63, 3.8) is 0 Å². The van der Waals surface area contributed by atoms with E-state index in [9.17, 15) is 4.79 Å². The number of hydrogen-bond acceptors (Lipinski definition) is 2. The van der Waals surface area contributed by atoms with Crippen LogP contribution in [0.4, 0.5) is 5.69 Å². The van der Waals surface area contributed by atoms with Crippen molar-refractivity contribution in [2.45, 2.75) is 19.3 Å². The summed E-state index contributed by atoms with van der Waals surface area (Å²) in [5.41, 5.74) is 3.19. The molecule has 15 heavy (non-hydrogen) atoms. The lowest BCUT2D eigenvalue weighted by Crippen LogP contribution is -2.13. The summed E-state index contributed by atoms with van der Waals surface area (Å²) in [5, 5.41) is 12.0. The molecule has 1 aliphatic rings. The summed E-state index contributed by atoms with van der Waals surface area (Å²) in [7, 11) is 0. The molecule has 0 aromatic heterocycles. The van der Waals surface area contributed by atoms with Crippen LogP contribution in [-0.2, 0) is 17.6 Å². The van der Waals surface area contributed by atoms with E-state index in [1.54, 1.807) is 0 Å². The fourth-order valence-corrected chi connectivity index (χ4v) is 2.58. The Balaban J connectivity index is 2.36. The predicted octanol–water partition coefficient (Wildman–Crippen LogP) is 2.43. The maximum atomic E-state index is 10.6. The first-order valence-corrected chi connectivity index (χ1v) is 5.73. The number of carboxylic acids is 1. The van der Waals surface area contributed by atoms with Gasteiger partial charge >= 0.3 is 5.97 Å². The van der Waals surface area contributed by atoms with Crippen LogP contribution in [-0.4, -0.2) is 17.6 Å². The third kappa shape index (κ3) is 2.31. The molecule has 1 heterocycles. The van der Waals surface area contributed by atoms with Gasteiger partial charge in [0.05, 0.1) is 12.1 Å². The Hall–Kier alpha value is -1.03. The second kappa shape index (κ2) is 4.23. The highest BCUT2D eigenvalue weighted by atomic mass is 79.9. The van der Waals surface area contributed by atoms with Gasteiger partial charge in [-0.1, -0.05) is 6.07 Å². The Morgan fingerprint density at radius 3 is 3.07 bits per heavy atom. The van der Waals surface area contributed by atoms with Gasteiger partial charge in [0, 0.05) is 11.0 Å². The number of carbonyl (C=O) groups is 1. The number of carboxylic acid groups (broad SMARTS) is 1. The summed E-state index contributed by atoms with van der Waals surface area (Å²) in [6.07, 6.45) is 2.22.